The zero-order chi connectivity index (χ0) is 15.6. The molecule has 1 N–H and O–H groups in total. The van der Waals surface area contributed by atoms with E-state index in [-0.39, 0.29) is 6.67 Å². The molecule has 0 radical (unpaired) electrons. The van der Waals surface area contributed by atoms with E-state index in [1.54, 1.807) is 0 Å². The van der Waals surface area contributed by atoms with Crippen LogP contribution in [-0.4, -0.2) is 17.8 Å². The molecule has 0 aliphatic rings. The zero-order valence-electron chi connectivity index (χ0n) is 13.2. The monoisotopic (exact) mass is 298 g/mol. The Balaban J connectivity index is 3.18. The number of allylic oxidation sites excluding steroid dienone is 4. The van der Waals surface area contributed by atoms with Crippen LogP contribution in [0.5, 0.6) is 0 Å². The van der Waals surface area contributed by atoms with Gasteiger partial charge < -0.3 is 5.11 Å². The number of unbranched alkanes of at least 4 members (excludes halogenated alkanes) is 8. The molecule has 0 amide bonds. The molecule has 0 unspecified atom stereocenters. The fourth-order valence-corrected chi connectivity index (χ4v) is 2.11. The van der Waals surface area contributed by atoms with Gasteiger partial charge in [-0.3, -0.25) is 9.18 Å². The van der Waals surface area contributed by atoms with Crippen LogP contribution in [0.25, 0.3) is 0 Å². The lowest BCUT2D eigenvalue weighted by Crippen LogP contribution is -1.93. The van der Waals surface area contributed by atoms with Crippen molar-refractivity contribution in [1.29, 1.82) is 0 Å². The van der Waals surface area contributed by atoms with Crippen LogP contribution in [-0.2, 0) is 4.79 Å². The van der Waals surface area contributed by atoms with Crippen LogP contribution in [0.4, 0.5) is 4.39 Å². The smallest absolute Gasteiger partial charge is 0.303 e. The number of alkyl halides is 1. The summed E-state index contributed by atoms with van der Waals surface area (Å²) in [4.78, 5) is 10.3. The van der Waals surface area contributed by atoms with Gasteiger partial charge in [0.2, 0.25) is 0 Å². The van der Waals surface area contributed by atoms with Crippen LogP contribution in [0.3, 0.4) is 0 Å². The minimum atomic E-state index is -0.687. The normalized spacial score (nSPS) is 11.7. The van der Waals surface area contributed by atoms with Crippen molar-refractivity contribution in [3.05, 3.63) is 24.3 Å². The van der Waals surface area contributed by atoms with Crippen molar-refractivity contribution in [2.24, 2.45) is 0 Å². The number of carboxylic acid groups (broad SMARTS) is 1. The van der Waals surface area contributed by atoms with Gasteiger partial charge in [-0.05, 0) is 44.9 Å². The summed E-state index contributed by atoms with van der Waals surface area (Å²) in [5.74, 6) is -0.687. The Hall–Kier alpha value is -1.12. The first kappa shape index (κ1) is 19.9. The van der Waals surface area contributed by atoms with Gasteiger partial charge in [0.25, 0.3) is 0 Å². The highest BCUT2D eigenvalue weighted by Crippen LogP contribution is 2.08. The third kappa shape index (κ3) is 18.9. The van der Waals surface area contributed by atoms with Crippen LogP contribution < -0.4 is 0 Å². The highest BCUT2D eigenvalue weighted by molar-refractivity contribution is 5.66. The van der Waals surface area contributed by atoms with Gasteiger partial charge in [-0.25, -0.2) is 0 Å². The van der Waals surface area contributed by atoms with Gasteiger partial charge in [0.15, 0.2) is 0 Å². The number of hydrogen-bond acceptors (Lipinski definition) is 1. The van der Waals surface area contributed by atoms with E-state index in [1.807, 2.05) is 0 Å². The Kier molecular flexibility index (Phi) is 16.0. The summed E-state index contributed by atoms with van der Waals surface area (Å²) in [6.45, 7) is -0.188. The summed E-state index contributed by atoms with van der Waals surface area (Å²) in [5.41, 5.74) is 0. The second-order valence-corrected chi connectivity index (χ2v) is 5.42. The van der Waals surface area contributed by atoms with Crippen molar-refractivity contribution in [3.8, 4) is 0 Å². The summed E-state index contributed by atoms with van der Waals surface area (Å²) in [6, 6.07) is 0. The highest BCUT2D eigenvalue weighted by atomic mass is 19.1. The van der Waals surface area contributed by atoms with Gasteiger partial charge in [-0.1, -0.05) is 50.0 Å². The fourth-order valence-electron chi connectivity index (χ4n) is 2.11. The molecular weight excluding hydrogens is 267 g/mol. The second-order valence-electron chi connectivity index (χ2n) is 5.42. The lowest BCUT2D eigenvalue weighted by molar-refractivity contribution is -0.137. The standard InChI is InChI=1S/C18H31FO2/c19-17-15-13-11-9-7-5-3-1-2-4-6-8-10-12-14-16-18(20)21/h1-2,5,7H,3-4,6,8-17H2,(H,20,21)/b2-1+,7-5+. The van der Waals surface area contributed by atoms with Crippen LogP contribution in [0, 0.1) is 0 Å². The summed E-state index contributed by atoms with van der Waals surface area (Å²) >= 11 is 0. The second kappa shape index (κ2) is 16.9. The minimum Gasteiger partial charge on any atom is -0.481 e. The molecule has 0 aromatic rings. The predicted octanol–water partition coefficient (Wildman–Crippen LogP) is 5.83. The molecule has 0 saturated heterocycles. The van der Waals surface area contributed by atoms with Gasteiger partial charge in [-0.15, -0.1) is 0 Å². The largest absolute Gasteiger partial charge is 0.481 e. The van der Waals surface area contributed by atoms with Gasteiger partial charge in [0, 0.05) is 6.42 Å². The number of rotatable bonds is 15. The van der Waals surface area contributed by atoms with Crippen LogP contribution in [0.15, 0.2) is 24.3 Å². The minimum absolute atomic E-state index is 0.188. The number of aliphatic carboxylic acids is 1. The maximum absolute atomic E-state index is 11.8. The molecule has 0 aromatic heterocycles. The zero-order valence-corrected chi connectivity index (χ0v) is 13.2. The average molecular weight is 298 g/mol. The average Bonchev–Trinajstić information content (AvgIpc) is 2.46. The fraction of sp³-hybridized carbons (Fsp3) is 0.722. The Bertz CT molecular complexity index is 285. The number of hydrogen-bond donors (Lipinski definition) is 1. The first-order chi connectivity index (χ1) is 10.3. The molecule has 0 bridgehead atoms. The van der Waals surface area contributed by atoms with Gasteiger partial charge in [0.1, 0.15) is 0 Å². The van der Waals surface area contributed by atoms with Crippen molar-refractivity contribution in [1.82, 2.24) is 0 Å². The summed E-state index contributed by atoms with van der Waals surface area (Å²) in [7, 11) is 0. The molecule has 3 heteroatoms. The van der Waals surface area contributed by atoms with Crippen LogP contribution in [0.2, 0.25) is 0 Å². The lowest BCUT2D eigenvalue weighted by Gasteiger charge is -1.98. The Morgan fingerprint density at radius 3 is 1.86 bits per heavy atom. The van der Waals surface area contributed by atoms with Crippen molar-refractivity contribution in [2.75, 3.05) is 6.67 Å². The molecule has 0 aromatic carbocycles. The molecule has 2 nitrogen and oxygen atoms in total. The van der Waals surface area contributed by atoms with E-state index in [0.717, 1.165) is 51.4 Å². The number of carboxylic acids is 1. The summed E-state index contributed by atoms with van der Waals surface area (Å²) < 4.78 is 11.8. The topological polar surface area (TPSA) is 37.3 Å². The molecular formula is C18H31FO2. The van der Waals surface area contributed by atoms with E-state index in [4.69, 9.17) is 5.11 Å². The Morgan fingerprint density at radius 2 is 1.29 bits per heavy atom. The highest BCUT2D eigenvalue weighted by Gasteiger charge is 1.95. The molecule has 122 valence electrons. The molecule has 0 heterocycles. The first-order valence-corrected chi connectivity index (χ1v) is 8.35. The Labute approximate surface area is 129 Å². The van der Waals surface area contributed by atoms with E-state index < -0.39 is 5.97 Å². The molecule has 0 saturated carbocycles. The van der Waals surface area contributed by atoms with Crippen LogP contribution >= 0.6 is 0 Å². The molecule has 0 atom stereocenters. The maximum Gasteiger partial charge on any atom is 0.303 e. The van der Waals surface area contributed by atoms with Gasteiger partial charge >= 0.3 is 5.97 Å². The van der Waals surface area contributed by atoms with Crippen molar-refractivity contribution in [2.45, 2.75) is 77.0 Å². The molecule has 0 rings (SSSR count). The quantitative estimate of drug-likeness (QED) is 0.305. The van der Waals surface area contributed by atoms with Crippen molar-refractivity contribution in [3.63, 3.8) is 0 Å². The molecule has 21 heavy (non-hydrogen) atoms. The SMILES string of the molecule is O=C(O)CCCCCCC/C=C/C/C=C/CCCCCF. The van der Waals surface area contributed by atoms with E-state index in [1.165, 1.54) is 12.8 Å². The first-order valence-electron chi connectivity index (χ1n) is 8.35. The van der Waals surface area contributed by atoms with Crippen molar-refractivity contribution >= 4 is 5.97 Å². The third-order valence-corrected chi connectivity index (χ3v) is 3.37. The molecule has 0 fully saturated rings. The van der Waals surface area contributed by atoms with E-state index >= 15 is 0 Å². The number of carbonyl (C=O) groups is 1. The molecule has 0 aliphatic carbocycles. The number of halogens is 1. The van der Waals surface area contributed by atoms with Crippen molar-refractivity contribution < 1.29 is 14.3 Å². The Morgan fingerprint density at radius 1 is 0.762 bits per heavy atom. The third-order valence-electron chi connectivity index (χ3n) is 3.37. The molecule has 0 aliphatic heterocycles. The van der Waals surface area contributed by atoms with Gasteiger partial charge in [-0.2, -0.15) is 0 Å². The van der Waals surface area contributed by atoms with E-state index in [2.05, 4.69) is 24.3 Å². The maximum atomic E-state index is 11.8. The molecule has 0 spiro atoms. The van der Waals surface area contributed by atoms with E-state index in [9.17, 15) is 9.18 Å². The summed E-state index contributed by atoms with van der Waals surface area (Å²) in [6.07, 6.45) is 20.4. The lowest BCUT2D eigenvalue weighted by atomic mass is 10.1. The predicted molar refractivity (Wildman–Crippen MR) is 87.3 cm³/mol. The van der Waals surface area contributed by atoms with Gasteiger partial charge in [0.05, 0.1) is 6.67 Å². The van der Waals surface area contributed by atoms with Crippen LogP contribution in [0.1, 0.15) is 77.0 Å². The summed E-state index contributed by atoms with van der Waals surface area (Å²) in [5, 5.41) is 8.50. The van der Waals surface area contributed by atoms with E-state index in [0.29, 0.717) is 12.8 Å².